The molecule has 1 aromatic heterocycles. The maximum absolute atomic E-state index is 12.7. The highest BCUT2D eigenvalue weighted by Crippen LogP contribution is 2.52. The van der Waals surface area contributed by atoms with Crippen molar-refractivity contribution in [1.29, 1.82) is 0 Å². The van der Waals surface area contributed by atoms with E-state index in [9.17, 15) is 44.6 Å². The molecule has 0 spiro atoms. The molecule has 19 heteroatoms. The molecule has 3 rings (SSSR count). The average molecular weight is 570 g/mol. The molecule has 3 unspecified atom stereocenters. The average Bonchev–Trinajstić information content (AvgIpc) is 3.12. The molecule has 3 heterocycles. The molecule has 11 atom stereocenters. The number of nitrogen functional groups attached to an aromatic ring is 1. The molecule has 216 valence electrons. The molecule has 2 aliphatic rings. The number of phosphoric acid groups is 1. The maximum Gasteiger partial charge on any atom is 0.475 e. The van der Waals surface area contributed by atoms with Crippen LogP contribution < -0.4 is 17.2 Å². The van der Waals surface area contributed by atoms with E-state index in [0.29, 0.717) is 0 Å². The molecule has 2 saturated heterocycles. The van der Waals surface area contributed by atoms with E-state index in [-0.39, 0.29) is 5.82 Å². The Bertz CT molecular complexity index is 1110. The van der Waals surface area contributed by atoms with Crippen LogP contribution in [0.5, 0.6) is 0 Å². The smallest absolute Gasteiger partial charge is 0.475 e. The molecule has 0 saturated carbocycles. The minimum Gasteiger partial charge on any atom is -0.477 e. The second kappa shape index (κ2) is 11.6. The van der Waals surface area contributed by atoms with Crippen molar-refractivity contribution in [3.8, 4) is 0 Å². The van der Waals surface area contributed by atoms with Crippen LogP contribution >= 0.6 is 7.82 Å². The van der Waals surface area contributed by atoms with Gasteiger partial charge in [-0.2, -0.15) is 4.98 Å². The quantitative estimate of drug-likeness (QED) is 0.120. The van der Waals surface area contributed by atoms with Gasteiger partial charge in [-0.3, -0.25) is 9.09 Å². The van der Waals surface area contributed by atoms with Gasteiger partial charge in [0.05, 0.1) is 13.2 Å². The summed E-state index contributed by atoms with van der Waals surface area (Å²) < 4.78 is 33.9. The lowest BCUT2D eigenvalue weighted by Gasteiger charge is -2.45. The fourth-order valence-corrected chi connectivity index (χ4v) is 5.14. The highest BCUT2D eigenvalue weighted by Gasteiger charge is 2.57. The number of aliphatic hydroxyl groups excluding tert-OH is 5. The Morgan fingerprint density at radius 3 is 2.61 bits per heavy atom. The summed E-state index contributed by atoms with van der Waals surface area (Å²) in [5.41, 5.74) is 10.5. The van der Waals surface area contributed by atoms with E-state index < -0.39 is 99.7 Å². The molecule has 0 radical (unpaired) electrons. The number of nitrogens with zero attached hydrogens (tertiary/aromatic N) is 2. The molecule has 0 aliphatic carbocycles. The summed E-state index contributed by atoms with van der Waals surface area (Å²) in [6.45, 7) is -0.389. The van der Waals surface area contributed by atoms with Gasteiger partial charge >= 0.3 is 19.5 Å². The van der Waals surface area contributed by atoms with Gasteiger partial charge < -0.3 is 56.5 Å². The van der Waals surface area contributed by atoms with Crippen LogP contribution in [0, 0.1) is 5.92 Å². The molecule has 0 aromatic carbocycles. The number of aromatic nitrogens is 2. The summed E-state index contributed by atoms with van der Waals surface area (Å²) in [6, 6.07) is 0.170. The summed E-state index contributed by atoms with van der Waals surface area (Å²) in [5, 5.41) is 59.5. The fraction of sp³-hybridized carbons (Fsp3) is 0.737. The van der Waals surface area contributed by atoms with E-state index in [1.807, 2.05) is 0 Å². The Morgan fingerprint density at radius 1 is 1.37 bits per heavy atom. The number of hydrogen-bond donors (Lipinski definition) is 9. The van der Waals surface area contributed by atoms with Gasteiger partial charge in [0.2, 0.25) is 0 Å². The third-order valence-electron chi connectivity index (χ3n) is 6.32. The van der Waals surface area contributed by atoms with E-state index in [0.717, 1.165) is 10.8 Å². The number of ether oxygens (including phenoxy) is 2. The number of aliphatic hydroxyl groups is 5. The number of carboxylic acid groups (broad SMARTS) is 1. The first-order valence-electron chi connectivity index (χ1n) is 11.3. The number of hydrogen-bond acceptors (Lipinski definition) is 15. The maximum atomic E-state index is 12.7. The van der Waals surface area contributed by atoms with Crippen LogP contribution in [0.2, 0.25) is 0 Å². The Labute approximate surface area is 214 Å². The minimum atomic E-state index is -5.33. The Hall–Kier alpha value is -2.06. The molecule has 2 fully saturated rings. The third-order valence-corrected chi connectivity index (χ3v) is 7.33. The largest absolute Gasteiger partial charge is 0.477 e. The van der Waals surface area contributed by atoms with Gasteiger partial charge in [-0.15, -0.1) is 0 Å². The fourth-order valence-electron chi connectivity index (χ4n) is 4.19. The van der Waals surface area contributed by atoms with Crippen LogP contribution in [0.25, 0.3) is 0 Å². The number of carboxylic acids is 1. The van der Waals surface area contributed by atoms with Crippen molar-refractivity contribution >= 4 is 19.6 Å². The van der Waals surface area contributed by atoms with Crippen molar-refractivity contribution in [1.82, 2.24) is 9.55 Å². The summed E-state index contributed by atoms with van der Waals surface area (Å²) >= 11 is 0. The minimum absolute atomic E-state index is 0.106. The molecule has 11 N–H and O–H groups in total. The van der Waals surface area contributed by atoms with Crippen LogP contribution in [0.4, 0.5) is 5.82 Å². The predicted molar refractivity (Wildman–Crippen MR) is 122 cm³/mol. The Kier molecular flexibility index (Phi) is 9.29. The molecular weight excluding hydrogens is 539 g/mol. The Balaban J connectivity index is 1.74. The zero-order valence-electron chi connectivity index (χ0n) is 20.0. The van der Waals surface area contributed by atoms with Crippen molar-refractivity contribution in [3.63, 3.8) is 0 Å². The highest BCUT2D eigenvalue weighted by molar-refractivity contribution is 7.47. The summed E-state index contributed by atoms with van der Waals surface area (Å²) in [6.07, 6.45) is -11.1. The van der Waals surface area contributed by atoms with Crippen LogP contribution in [-0.2, 0) is 27.9 Å². The Morgan fingerprint density at radius 2 is 2.03 bits per heavy atom. The first-order valence-corrected chi connectivity index (χ1v) is 12.8. The van der Waals surface area contributed by atoms with Crippen LogP contribution in [0.1, 0.15) is 19.6 Å². The first-order chi connectivity index (χ1) is 17.6. The second-order valence-electron chi connectivity index (χ2n) is 9.08. The molecule has 0 amide bonds. The SMILES string of the molecule is C[C@@H]1C[C@@](OP(=O)(O)OC[C@H]2O[C@@H](n3ccc(N)nc3=O)[C@@H](O)C2O)(C(=O)O)OC([C@H](O)[C@H](O)CO)[C@@H]1N. The van der Waals surface area contributed by atoms with Crippen molar-refractivity contribution in [2.75, 3.05) is 18.9 Å². The lowest BCUT2D eigenvalue weighted by Crippen LogP contribution is -2.64. The molecule has 2 aliphatic heterocycles. The zero-order valence-corrected chi connectivity index (χ0v) is 20.9. The van der Waals surface area contributed by atoms with Gasteiger partial charge in [0.25, 0.3) is 5.79 Å². The van der Waals surface area contributed by atoms with E-state index in [4.69, 9.17) is 35.1 Å². The van der Waals surface area contributed by atoms with Gasteiger partial charge in [-0.05, 0) is 12.0 Å². The van der Waals surface area contributed by atoms with E-state index in [1.165, 1.54) is 13.0 Å². The summed E-state index contributed by atoms with van der Waals surface area (Å²) in [7, 11) is -5.33. The normalized spacial score (nSPS) is 36.9. The van der Waals surface area contributed by atoms with Gasteiger partial charge in [0.1, 0.15) is 42.4 Å². The molecule has 0 bridgehead atoms. The highest BCUT2D eigenvalue weighted by atomic mass is 31.2. The van der Waals surface area contributed by atoms with Gasteiger partial charge in [-0.25, -0.2) is 18.7 Å². The van der Waals surface area contributed by atoms with Crippen molar-refractivity contribution in [3.05, 3.63) is 22.7 Å². The number of aliphatic carboxylic acids is 1. The predicted octanol–water partition coefficient (Wildman–Crippen LogP) is -4.17. The summed E-state index contributed by atoms with van der Waals surface area (Å²) in [4.78, 5) is 37.9. The second-order valence-corrected chi connectivity index (χ2v) is 10.5. The van der Waals surface area contributed by atoms with Gasteiger partial charge in [-0.1, -0.05) is 6.92 Å². The number of carbonyl (C=O) groups is 1. The van der Waals surface area contributed by atoms with Crippen LogP contribution in [-0.4, -0.2) is 113 Å². The third kappa shape index (κ3) is 6.22. The first kappa shape index (κ1) is 30.5. The van der Waals surface area contributed by atoms with E-state index in [2.05, 4.69) is 4.98 Å². The number of rotatable bonds is 10. The standard InChI is InChI=1S/C19H31N4O14P/c1-7-4-19(17(29)30,36-15(11(7)21)12(26)8(25)5-24)37-38(32,33)34-6-9-13(27)14(28)16(35-9)23-3-2-10(20)22-18(23)31/h2-3,7-9,11-16,24-28H,4-6,21H2,1H3,(H,29,30)(H,32,33)(H2,20,22,31)/t7-,8-,9-,11-,12-,13?,14+,15?,16-,19-/m1/s1. The molecule has 1 aromatic rings. The molecule has 38 heavy (non-hydrogen) atoms. The van der Waals surface area contributed by atoms with Crippen LogP contribution in [0.15, 0.2) is 17.1 Å². The zero-order chi connectivity index (χ0) is 28.6. The van der Waals surface area contributed by atoms with Crippen molar-refractivity contribution in [2.24, 2.45) is 11.7 Å². The monoisotopic (exact) mass is 570 g/mol. The van der Waals surface area contributed by atoms with Crippen molar-refractivity contribution < 1.29 is 63.4 Å². The van der Waals surface area contributed by atoms with Crippen molar-refractivity contribution in [2.45, 2.75) is 68.0 Å². The summed E-state index contributed by atoms with van der Waals surface area (Å²) in [5.74, 6) is -5.66. The molecular formula is C19H31N4O14P. The van der Waals surface area contributed by atoms with E-state index >= 15 is 0 Å². The van der Waals surface area contributed by atoms with E-state index in [1.54, 1.807) is 0 Å². The number of nitrogens with two attached hydrogens (primary N) is 2. The topological polar surface area (TPSA) is 300 Å². The molecule has 18 nitrogen and oxygen atoms in total. The van der Waals surface area contributed by atoms with Gasteiger partial charge in [0, 0.05) is 18.7 Å². The van der Waals surface area contributed by atoms with Gasteiger partial charge in [0.15, 0.2) is 6.23 Å². The lowest BCUT2D eigenvalue weighted by atomic mass is 9.84. The lowest BCUT2D eigenvalue weighted by molar-refractivity contribution is -0.279. The van der Waals surface area contributed by atoms with Crippen LogP contribution in [0.3, 0.4) is 0 Å². The number of anilines is 1. The number of phosphoric ester groups is 1.